The predicted octanol–water partition coefficient (Wildman–Crippen LogP) is 3.21. The first-order chi connectivity index (χ1) is 14.2. The molecule has 6 nitrogen and oxygen atoms in total. The lowest BCUT2D eigenvalue weighted by molar-refractivity contribution is -0.125. The Morgan fingerprint density at radius 3 is 2.72 bits per heavy atom. The van der Waals surface area contributed by atoms with E-state index in [0.29, 0.717) is 18.8 Å². The molecular formula is C22H22FN5O. The van der Waals surface area contributed by atoms with E-state index >= 15 is 0 Å². The number of rotatable bonds is 5. The van der Waals surface area contributed by atoms with Crippen LogP contribution in [0, 0.1) is 11.7 Å². The summed E-state index contributed by atoms with van der Waals surface area (Å²) < 4.78 is 13.1. The van der Waals surface area contributed by atoms with Crippen LogP contribution in [-0.4, -0.2) is 34.2 Å². The van der Waals surface area contributed by atoms with Crippen molar-refractivity contribution >= 4 is 11.7 Å². The number of halogens is 1. The highest BCUT2D eigenvalue weighted by molar-refractivity contribution is 5.79. The van der Waals surface area contributed by atoms with Crippen LogP contribution in [0.1, 0.15) is 18.4 Å². The maximum Gasteiger partial charge on any atom is 0.225 e. The number of anilines is 1. The number of amides is 1. The number of benzene rings is 1. The van der Waals surface area contributed by atoms with Gasteiger partial charge in [0.2, 0.25) is 5.91 Å². The number of nitrogens with one attached hydrogen (secondary N) is 1. The number of pyridine rings is 1. The molecule has 29 heavy (non-hydrogen) atoms. The molecule has 1 fully saturated rings. The summed E-state index contributed by atoms with van der Waals surface area (Å²) in [7, 11) is 0. The van der Waals surface area contributed by atoms with E-state index in [1.807, 2.05) is 24.3 Å². The average Bonchev–Trinajstić information content (AvgIpc) is 2.79. The smallest absolute Gasteiger partial charge is 0.225 e. The molecule has 4 rings (SSSR count). The molecule has 1 N–H and O–H groups in total. The van der Waals surface area contributed by atoms with Crippen molar-refractivity contribution < 1.29 is 9.18 Å². The second-order valence-electron chi connectivity index (χ2n) is 7.15. The maximum atomic E-state index is 13.1. The van der Waals surface area contributed by atoms with Crippen molar-refractivity contribution in [1.29, 1.82) is 0 Å². The van der Waals surface area contributed by atoms with E-state index in [-0.39, 0.29) is 17.6 Å². The van der Waals surface area contributed by atoms with Gasteiger partial charge in [-0.05, 0) is 60.9 Å². The van der Waals surface area contributed by atoms with Crippen molar-refractivity contribution in [2.75, 3.05) is 18.0 Å². The summed E-state index contributed by atoms with van der Waals surface area (Å²) in [6.07, 6.45) is 5.25. The summed E-state index contributed by atoms with van der Waals surface area (Å²) in [6.45, 7) is 1.94. The average molecular weight is 391 g/mol. The van der Waals surface area contributed by atoms with E-state index in [4.69, 9.17) is 0 Å². The van der Waals surface area contributed by atoms with Crippen LogP contribution in [0.4, 0.5) is 10.2 Å². The van der Waals surface area contributed by atoms with Gasteiger partial charge in [0.25, 0.3) is 0 Å². The van der Waals surface area contributed by atoms with Crippen molar-refractivity contribution in [1.82, 2.24) is 20.5 Å². The Hall–Kier alpha value is -3.35. The number of carbonyl (C=O) groups excluding carboxylic acids is 1. The van der Waals surface area contributed by atoms with Crippen LogP contribution in [0.25, 0.3) is 11.3 Å². The van der Waals surface area contributed by atoms with Crippen molar-refractivity contribution in [3.63, 3.8) is 0 Å². The molecule has 1 amide bonds. The first-order valence-corrected chi connectivity index (χ1v) is 9.70. The highest BCUT2D eigenvalue weighted by atomic mass is 19.1. The first kappa shape index (κ1) is 19.0. The lowest BCUT2D eigenvalue weighted by atomic mass is 9.97. The topological polar surface area (TPSA) is 71.0 Å². The Kier molecular flexibility index (Phi) is 5.74. The highest BCUT2D eigenvalue weighted by Crippen LogP contribution is 2.23. The molecule has 3 aromatic rings. The molecule has 148 valence electrons. The molecule has 3 heterocycles. The SMILES string of the molecule is O=C(NCc1cccnc1)[C@@H]1CCCN(c2ccc(-c3ccc(F)cc3)nn2)C1. The molecule has 1 aliphatic heterocycles. The third kappa shape index (κ3) is 4.74. The lowest BCUT2D eigenvalue weighted by Gasteiger charge is -2.32. The highest BCUT2D eigenvalue weighted by Gasteiger charge is 2.26. The molecule has 0 bridgehead atoms. The van der Waals surface area contributed by atoms with Crippen molar-refractivity contribution in [2.45, 2.75) is 19.4 Å². The van der Waals surface area contributed by atoms with Crippen molar-refractivity contribution in [3.8, 4) is 11.3 Å². The van der Waals surface area contributed by atoms with Crippen LogP contribution < -0.4 is 10.2 Å². The Morgan fingerprint density at radius 2 is 2.00 bits per heavy atom. The molecule has 1 atom stereocenters. The van der Waals surface area contributed by atoms with E-state index in [1.165, 1.54) is 12.1 Å². The van der Waals surface area contributed by atoms with Crippen LogP contribution in [0.2, 0.25) is 0 Å². The van der Waals surface area contributed by atoms with E-state index in [2.05, 4.69) is 25.4 Å². The van der Waals surface area contributed by atoms with Gasteiger partial charge in [-0.15, -0.1) is 10.2 Å². The van der Waals surface area contributed by atoms with Crippen molar-refractivity contribution in [2.24, 2.45) is 5.92 Å². The van der Waals surface area contributed by atoms with Gasteiger partial charge in [-0.3, -0.25) is 9.78 Å². The fourth-order valence-corrected chi connectivity index (χ4v) is 3.50. The second-order valence-corrected chi connectivity index (χ2v) is 7.15. The molecule has 0 unspecified atom stereocenters. The van der Waals surface area contributed by atoms with Gasteiger partial charge >= 0.3 is 0 Å². The van der Waals surface area contributed by atoms with Gasteiger partial charge < -0.3 is 10.2 Å². The van der Waals surface area contributed by atoms with Gasteiger partial charge in [0.15, 0.2) is 5.82 Å². The van der Waals surface area contributed by atoms with E-state index < -0.39 is 0 Å². The quantitative estimate of drug-likeness (QED) is 0.723. The largest absolute Gasteiger partial charge is 0.354 e. The van der Waals surface area contributed by atoms with E-state index in [1.54, 1.807) is 24.5 Å². The number of nitrogens with zero attached hydrogens (tertiary/aromatic N) is 4. The zero-order valence-corrected chi connectivity index (χ0v) is 16.0. The molecule has 0 spiro atoms. The Bertz CT molecular complexity index is 947. The molecule has 0 radical (unpaired) electrons. The minimum atomic E-state index is -0.278. The molecular weight excluding hydrogens is 369 g/mol. The zero-order chi connectivity index (χ0) is 20.1. The molecule has 2 aromatic heterocycles. The molecule has 1 aliphatic rings. The number of hydrogen-bond donors (Lipinski definition) is 1. The summed E-state index contributed by atoms with van der Waals surface area (Å²) in [6, 6.07) is 13.8. The number of carbonyl (C=O) groups is 1. The second kappa shape index (κ2) is 8.77. The fourth-order valence-electron chi connectivity index (χ4n) is 3.50. The predicted molar refractivity (Wildman–Crippen MR) is 108 cm³/mol. The minimum Gasteiger partial charge on any atom is -0.354 e. The lowest BCUT2D eigenvalue weighted by Crippen LogP contribution is -2.43. The summed E-state index contributed by atoms with van der Waals surface area (Å²) in [5.74, 6) is 0.438. The fraction of sp³-hybridized carbons (Fsp3) is 0.273. The normalized spacial score (nSPS) is 16.4. The maximum absolute atomic E-state index is 13.1. The van der Waals surface area contributed by atoms with Gasteiger partial charge in [0, 0.05) is 37.6 Å². The van der Waals surface area contributed by atoms with Gasteiger partial charge in [0.05, 0.1) is 11.6 Å². The van der Waals surface area contributed by atoms with Crippen LogP contribution in [0.5, 0.6) is 0 Å². The van der Waals surface area contributed by atoms with Gasteiger partial charge in [0.1, 0.15) is 5.82 Å². The van der Waals surface area contributed by atoms with Crippen LogP contribution in [0.15, 0.2) is 60.9 Å². The Morgan fingerprint density at radius 1 is 1.14 bits per heavy atom. The molecule has 1 saturated heterocycles. The number of piperidine rings is 1. The van der Waals surface area contributed by atoms with Crippen LogP contribution in [-0.2, 0) is 11.3 Å². The number of hydrogen-bond acceptors (Lipinski definition) is 5. The summed E-state index contributed by atoms with van der Waals surface area (Å²) in [5, 5.41) is 11.6. The number of aromatic nitrogens is 3. The van der Waals surface area contributed by atoms with Gasteiger partial charge in [-0.25, -0.2) is 4.39 Å². The standard InChI is InChI=1S/C22H22FN5O/c23-19-7-5-17(6-8-19)20-9-10-21(27-26-20)28-12-2-4-18(15-28)22(29)25-14-16-3-1-11-24-13-16/h1,3,5-11,13,18H,2,4,12,14-15H2,(H,25,29)/t18-/m1/s1. The molecule has 0 saturated carbocycles. The van der Waals surface area contributed by atoms with Crippen LogP contribution >= 0.6 is 0 Å². The van der Waals surface area contributed by atoms with Gasteiger partial charge in [-0.2, -0.15) is 0 Å². The van der Waals surface area contributed by atoms with Gasteiger partial charge in [-0.1, -0.05) is 6.07 Å². The summed E-state index contributed by atoms with van der Waals surface area (Å²) in [5.41, 5.74) is 2.49. The molecule has 7 heteroatoms. The zero-order valence-electron chi connectivity index (χ0n) is 16.0. The monoisotopic (exact) mass is 391 g/mol. The molecule has 0 aliphatic carbocycles. The Labute approximate surface area is 168 Å². The molecule has 1 aromatic carbocycles. The van der Waals surface area contributed by atoms with E-state index in [9.17, 15) is 9.18 Å². The third-order valence-electron chi connectivity index (χ3n) is 5.10. The first-order valence-electron chi connectivity index (χ1n) is 9.70. The third-order valence-corrected chi connectivity index (χ3v) is 5.10. The van der Waals surface area contributed by atoms with Crippen LogP contribution in [0.3, 0.4) is 0 Å². The van der Waals surface area contributed by atoms with Crippen molar-refractivity contribution in [3.05, 3.63) is 72.3 Å². The van der Waals surface area contributed by atoms with E-state index in [0.717, 1.165) is 36.3 Å². The Balaban J connectivity index is 1.37. The summed E-state index contributed by atoms with van der Waals surface area (Å²) in [4.78, 5) is 18.8. The summed E-state index contributed by atoms with van der Waals surface area (Å²) >= 11 is 0. The minimum absolute atomic E-state index is 0.0504.